The molecule has 2 unspecified atom stereocenters. The molecule has 0 aliphatic heterocycles. The highest BCUT2D eigenvalue weighted by Crippen LogP contribution is 2.02. The zero-order valence-electron chi connectivity index (χ0n) is 8.99. The minimum Gasteiger partial charge on any atom is -0.396 e. The van der Waals surface area contributed by atoms with Crippen LogP contribution in [-0.4, -0.2) is 35.4 Å². The van der Waals surface area contributed by atoms with Crippen molar-refractivity contribution >= 4 is 5.91 Å². The molecule has 0 saturated heterocycles. The number of aliphatic hydroxyl groups excluding tert-OH is 2. The summed E-state index contributed by atoms with van der Waals surface area (Å²) in [4.78, 5) is 11.3. The van der Waals surface area contributed by atoms with E-state index in [1.165, 1.54) is 0 Å². The van der Waals surface area contributed by atoms with Crippen LogP contribution in [0.1, 0.15) is 33.1 Å². The molecule has 0 fully saturated rings. The first-order valence-electron chi connectivity index (χ1n) is 5.13. The first-order chi connectivity index (χ1) is 6.61. The molecule has 0 bridgehead atoms. The summed E-state index contributed by atoms with van der Waals surface area (Å²) in [5.74, 6) is 0.0723. The van der Waals surface area contributed by atoms with Gasteiger partial charge in [0.1, 0.15) is 0 Å². The average Bonchev–Trinajstić information content (AvgIpc) is 2.16. The first kappa shape index (κ1) is 13.4. The number of hydrogen-bond acceptors (Lipinski definition) is 3. The van der Waals surface area contributed by atoms with Gasteiger partial charge >= 0.3 is 0 Å². The van der Waals surface area contributed by atoms with Gasteiger partial charge in [0.15, 0.2) is 0 Å². The smallest absolute Gasteiger partial charge is 0.220 e. The lowest BCUT2D eigenvalue weighted by Gasteiger charge is -2.19. The maximum atomic E-state index is 11.3. The van der Waals surface area contributed by atoms with Crippen molar-refractivity contribution in [1.82, 2.24) is 5.32 Å². The summed E-state index contributed by atoms with van der Waals surface area (Å²) >= 11 is 0. The van der Waals surface area contributed by atoms with Crippen LogP contribution in [0.25, 0.3) is 0 Å². The van der Waals surface area contributed by atoms with Crippen LogP contribution in [-0.2, 0) is 4.79 Å². The lowest BCUT2D eigenvalue weighted by molar-refractivity contribution is -0.122. The third-order valence-corrected chi connectivity index (χ3v) is 2.34. The Kier molecular flexibility index (Phi) is 7.42. The van der Waals surface area contributed by atoms with Crippen LogP contribution >= 0.6 is 0 Å². The van der Waals surface area contributed by atoms with Gasteiger partial charge in [-0.25, -0.2) is 0 Å². The van der Waals surface area contributed by atoms with E-state index in [1.807, 2.05) is 13.8 Å². The minimum absolute atomic E-state index is 0.00151. The highest BCUT2D eigenvalue weighted by molar-refractivity contribution is 5.76. The van der Waals surface area contributed by atoms with E-state index in [4.69, 9.17) is 10.2 Å². The highest BCUT2D eigenvalue weighted by Gasteiger charge is 2.13. The largest absolute Gasteiger partial charge is 0.396 e. The molecular weight excluding hydrogens is 182 g/mol. The van der Waals surface area contributed by atoms with Gasteiger partial charge in [-0.3, -0.25) is 4.79 Å². The molecule has 0 aromatic rings. The molecule has 0 aromatic heterocycles. The summed E-state index contributed by atoms with van der Waals surface area (Å²) in [5, 5.41) is 20.2. The molecule has 14 heavy (non-hydrogen) atoms. The standard InChI is InChI=1S/C10H21NO3/c1-8(7-13)9(2)11-10(14)5-3-4-6-12/h8-9,12-13H,3-7H2,1-2H3,(H,11,14). The Morgan fingerprint density at radius 3 is 2.43 bits per heavy atom. The van der Waals surface area contributed by atoms with Gasteiger partial charge in [0.05, 0.1) is 0 Å². The number of nitrogens with one attached hydrogen (secondary N) is 1. The van der Waals surface area contributed by atoms with Crippen LogP contribution in [0.15, 0.2) is 0 Å². The summed E-state index contributed by atoms with van der Waals surface area (Å²) in [6, 6.07) is 0.00151. The number of carbonyl (C=O) groups excluding carboxylic acids is 1. The monoisotopic (exact) mass is 203 g/mol. The molecule has 0 saturated carbocycles. The van der Waals surface area contributed by atoms with Crippen molar-refractivity contribution in [3.8, 4) is 0 Å². The molecule has 0 rings (SSSR count). The number of carbonyl (C=O) groups is 1. The molecule has 0 aliphatic rings. The van der Waals surface area contributed by atoms with E-state index in [2.05, 4.69) is 5.32 Å². The lowest BCUT2D eigenvalue weighted by atomic mass is 10.0. The Labute approximate surface area is 85.3 Å². The molecule has 3 N–H and O–H groups in total. The van der Waals surface area contributed by atoms with Crippen molar-refractivity contribution in [2.75, 3.05) is 13.2 Å². The van der Waals surface area contributed by atoms with E-state index < -0.39 is 0 Å². The predicted molar refractivity (Wildman–Crippen MR) is 54.8 cm³/mol. The van der Waals surface area contributed by atoms with Gasteiger partial charge in [-0.1, -0.05) is 6.92 Å². The maximum absolute atomic E-state index is 11.3. The van der Waals surface area contributed by atoms with Crippen molar-refractivity contribution < 1.29 is 15.0 Å². The van der Waals surface area contributed by atoms with Crippen LogP contribution in [0, 0.1) is 5.92 Å². The van der Waals surface area contributed by atoms with Gasteiger partial charge in [0, 0.05) is 25.7 Å². The first-order valence-corrected chi connectivity index (χ1v) is 5.13. The van der Waals surface area contributed by atoms with Crippen LogP contribution < -0.4 is 5.32 Å². The van der Waals surface area contributed by atoms with Crippen molar-refractivity contribution in [2.24, 2.45) is 5.92 Å². The van der Waals surface area contributed by atoms with Gasteiger partial charge in [-0.15, -0.1) is 0 Å². The van der Waals surface area contributed by atoms with E-state index in [1.54, 1.807) is 0 Å². The second-order valence-corrected chi connectivity index (χ2v) is 3.70. The lowest BCUT2D eigenvalue weighted by Crippen LogP contribution is -2.38. The predicted octanol–water partition coefficient (Wildman–Crippen LogP) is 0.282. The van der Waals surface area contributed by atoms with Crippen molar-refractivity contribution in [1.29, 1.82) is 0 Å². The van der Waals surface area contributed by atoms with E-state index >= 15 is 0 Å². The van der Waals surface area contributed by atoms with E-state index in [0.29, 0.717) is 19.3 Å². The van der Waals surface area contributed by atoms with E-state index in [9.17, 15) is 4.79 Å². The fourth-order valence-corrected chi connectivity index (χ4v) is 1.02. The Morgan fingerprint density at radius 1 is 1.29 bits per heavy atom. The average molecular weight is 203 g/mol. The van der Waals surface area contributed by atoms with Gasteiger partial charge in [-0.05, 0) is 25.7 Å². The molecule has 0 heterocycles. The summed E-state index contributed by atoms with van der Waals surface area (Å²) in [6.07, 6.45) is 1.82. The molecule has 2 atom stereocenters. The fraction of sp³-hybridized carbons (Fsp3) is 0.900. The Morgan fingerprint density at radius 2 is 1.93 bits per heavy atom. The topological polar surface area (TPSA) is 69.6 Å². The second kappa shape index (κ2) is 7.76. The number of rotatable bonds is 7. The van der Waals surface area contributed by atoms with Crippen LogP contribution in [0.4, 0.5) is 0 Å². The zero-order valence-corrected chi connectivity index (χ0v) is 8.99. The van der Waals surface area contributed by atoms with Crippen LogP contribution in [0.3, 0.4) is 0 Å². The molecule has 1 amide bonds. The van der Waals surface area contributed by atoms with Crippen LogP contribution in [0.5, 0.6) is 0 Å². The Hall–Kier alpha value is -0.610. The van der Waals surface area contributed by atoms with E-state index in [-0.39, 0.29) is 31.1 Å². The summed E-state index contributed by atoms with van der Waals surface area (Å²) < 4.78 is 0. The van der Waals surface area contributed by atoms with Gasteiger partial charge in [-0.2, -0.15) is 0 Å². The Balaban J connectivity index is 3.60. The maximum Gasteiger partial charge on any atom is 0.220 e. The van der Waals surface area contributed by atoms with Crippen molar-refractivity contribution in [3.63, 3.8) is 0 Å². The fourth-order valence-electron chi connectivity index (χ4n) is 1.02. The van der Waals surface area contributed by atoms with E-state index in [0.717, 1.165) is 0 Å². The number of amides is 1. The molecular formula is C10H21NO3. The Bertz CT molecular complexity index is 161. The minimum atomic E-state index is -0.00810. The molecule has 0 spiro atoms. The van der Waals surface area contributed by atoms with Gasteiger partial charge in [0.25, 0.3) is 0 Å². The summed E-state index contributed by atoms with van der Waals surface area (Å²) in [5.41, 5.74) is 0. The second-order valence-electron chi connectivity index (χ2n) is 3.70. The molecule has 4 nitrogen and oxygen atoms in total. The van der Waals surface area contributed by atoms with Crippen molar-refractivity contribution in [2.45, 2.75) is 39.2 Å². The normalized spacial score (nSPS) is 14.9. The number of hydrogen-bond donors (Lipinski definition) is 3. The number of unbranched alkanes of at least 4 members (excludes halogenated alkanes) is 1. The molecule has 84 valence electrons. The SMILES string of the molecule is CC(CO)C(C)NC(=O)CCCCO. The third kappa shape index (κ3) is 5.94. The molecule has 0 aromatic carbocycles. The molecule has 0 aliphatic carbocycles. The van der Waals surface area contributed by atoms with Crippen molar-refractivity contribution in [3.05, 3.63) is 0 Å². The quantitative estimate of drug-likeness (QED) is 0.521. The summed E-state index contributed by atoms with van der Waals surface area (Å²) in [6.45, 7) is 3.98. The zero-order chi connectivity index (χ0) is 11.0. The van der Waals surface area contributed by atoms with Gasteiger partial charge < -0.3 is 15.5 Å². The molecule has 4 heteroatoms. The van der Waals surface area contributed by atoms with Crippen LogP contribution in [0.2, 0.25) is 0 Å². The van der Waals surface area contributed by atoms with Gasteiger partial charge in [0.2, 0.25) is 5.91 Å². The summed E-state index contributed by atoms with van der Waals surface area (Å²) in [7, 11) is 0. The number of aliphatic hydroxyl groups is 2. The molecule has 0 radical (unpaired) electrons. The third-order valence-electron chi connectivity index (χ3n) is 2.34. The highest BCUT2D eigenvalue weighted by atomic mass is 16.3.